The van der Waals surface area contributed by atoms with Gasteiger partial charge in [0.25, 0.3) is 0 Å². The number of aryl methyl sites for hydroxylation is 3. The fourth-order valence-corrected chi connectivity index (χ4v) is 3.07. The molecule has 0 saturated heterocycles. The average molecular weight is 249 g/mol. The number of hydrogen-bond acceptors (Lipinski definition) is 2. The zero-order chi connectivity index (χ0) is 13.0. The van der Waals surface area contributed by atoms with Crippen molar-refractivity contribution in [2.45, 2.75) is 65.5 Å². The fourth-order valence-electron chi connectivity index (χ4n) is 3.07. The second-order valence-corrected chi connectivity index (χ2v) is 5.74. The van der Waals surface area contributed by atoms with Crippen LogP contribution in [0.3, 0.4) is 0 Å². The Kier molecular flexibility index (Phi) is 4.81. The van der Waals surface area contributed by atoms with E-state index in [1.165, 1.54) is 37.8 Å². The zero-order valence-electron chi connectivity index (χ0n) is 12.1. The molecule has 0 radical (unpaired) electrons. The van der Waals surface area contributed by atoms with Gasteiger partial charge in [-0.05, 0) is 58.1 Å². The first-order chi connectivity index (χ1) is 8.69. The molecule has 0 spiro atoms. The monoisotopic (exact) mass is 249 g/mol. The second-order valence-electron chi connectivity index (χ2n) is 5.74. The predicted molar refractivity (Wildman–Crippen MR) is 75.7 cm³/mol. The van der Waals surface area contributed by atoms with Gasteiger partial charge in [-0.1, -0.05) is 13.3 Å². The lowest BCUT2D eigenvalue weighted by Crippen LogP contribution is -2.28. The summed E-state index contributed by atoms with van der Waals surface area (Å²) in [6, 6.07) is 2.92. The maximum absolute atomic E-state index is 4.49. The molecule has 1 aromatic heterocycles. The predicted octanol–water partition coefficient (Wildman–Crippen LogP) is 3.06. The van der Waals surface area contributed by atoms with Gasteiger partial charge in [-0.2, -0.15) is 5.10 Å². The van der Waals surface area contributed by atoms with Crippen molar-refractivity contribution in [3.05, 3.63) is 17.5 Å². The van der Waals surface area contributed by atoms with Gasteiger partial charge in [0.15, 0.2) is 0 Å². The number of rotatable bonds is 6. The molecule has 1 fully saturated rings. The highest BCUT2D eigenvalue weighted by atomic mass is 15.3. The Balaban J connectivity index is 1.63. The first kappa shape index (κ1) is 13.6. The van der Waals surface area contributed by atoms with E-state index in [1.54, 1.807) is 0 Å². The molecule has 1 N–H and O–H groups in total. The molecule has 2 rings (SSSR count). The van der Waals surface area contributed by atoms with E-state index in [0.29, 0.717) is 0 Å². The Morgan fingerprint density at radius 3 is 2.83 bits per heavy atom. The first-order valence-electron chi connectivity index (χ1n) is 7.43. The van der Waals surface area contributed by atoms with E-state index < -0.39 is 0 Å². The molecule has 3 nitrogen and oxygen atoms in total. The van der Waals surface area contributed by atoms with Crippen LogP contribution < -0.4 is 5.32 Å². The summed E-state index contributed by atoms with van der Waals surface area (Å²) in [7, 11) is 0. The maximum Gasteiger partial charge on any atom is 0.0596 e. The normalized spacial score (nSPS) is 23.7. The van der Waals surface area contributed by atoms with Crippen LogP contribution in [0.25, 0.3) is 0 Å². The molecule has 1 heterocycles. The zero-order valence-corrected chi connectivity index (χ0v) is 12.1. The SMILES string of the molecule is CCC1CCC(NCCCn2nc(C)cc2C)C1. The fraction of sp³-hybridized carbons (Fsp3) is 0.800. The minimum absolute atomic E-state index is 0.774. The molecule has 0 aromatic carbocycles. The summed E-state index contributed by atoms with van der Waals surface area (Å²) in [5, 5.41) is 8.20. The highest BCUT2D eigenvalue weighted by Crippen LogP contribution is 2.27. The van der Waals surface area contributed by atoms with E-state index in [9.17, 15) is 0 Å². The van der Waals surface area contributed by atoms with Gasteiger partial charge in [0.2, 0.25) is 0 Å². The molecule has 1 aliphatic carbocycles. The van der Waals surface area contributed by atoms with Crippen LogP contribution in [0.4, 0.5) is 0 Å². The molecule has 102 valence electrons. The Hall–Kier alpha value is -0.830. The molecule has 2 atom stereocenters. The van der Waals surface area contributed by atoms with Gasteiger partial charge in [-0.25, -0.2) is 0 Å². The van der Waals surface area contributed by atoms with E-state index in [2.05, 4.69) is 41.9 Å². The molecular weight excluding hydrogens is 222 g/mol. The molecule has 1 aliphatic rings. The molecular formula is C15H27N3. The van der Waals surface area contributed by atoms with Crippen LogP contribution >= 0.6 is 0 Å². The third-order valence-corrected chi connectivity index (χ3v) is 4.20. The topological polar surface area (TPSA) is 29.9 Å². The molecule has 0 amide bonds. The van der Waals surface area contributed by atoms with E-state index in [1.807, 2.05) is 0 Å². The van der Waals surface area contributed by atoms with Crippen molar-refractivity contribution in [2.24, 2.45) is 5.92 Å². The quantitative estimate of drug-likeness (QED) is 0.785. The van der Waals surface area contributed by atoms with Crippen LogP contribution in [0, 0.1) is 19.8 Å². The van der Waals surface area contributed by atoms with E-state index >= 15 is 0 Å². The summed E-state index contributed by atoms with van der Waals surface area (Å²) in [6.45, 7) is 8.67. The summed E-state index contributed by atoms with van der Waals surface area (Å²) in [5.74, 6) is 0.971. The number of hydrogen-bond donors (Lipinski definition) is 1. The molecule has 2 unspecified atom stereocenters. The third-order valence-electron chi connectivity index (χ3n) is 4.20. The van der Waals surface area contributed by atoms with Crippen molar-refractivity contribution in [2.75, 3.05) is 6.54 Å². The van der Waals surface area contributed by atoms with E-state index in [-0.39, 0.29) is 0 Å². The Bertz CT molecular complexity index is 370. The van der Waals surface area contributed by atoms with Crippen molar-refractivity contribution < 1.29 is 0 Å². The van der Waals surface area contributed by atoms with Crippen LogP contribution in [-0.4, -0.2) is 22.4 Å². The number of nitrogens with one attached hydrogen (secondary N) is 1. The minimum Gasteiger partial charge on any atom is -0.314 e. The Morgan fingerprint density at radius 2 is 2.22 bits per heavy atom. The van der Waals surface area contributed by atoms with Crippen molar-refractivity contribution in [1.29, 1.82) is 0 Å². The average Bonchev–Trinajstić information content (AvgIpc) is 2.92. The van der Waals surface area contributed by atoms with Crippen LogP contribution in [0.15, 0.2) is 6.07 Å². The van der Waals surface area contributed by atoms with Crippen molar-refractivity contribution in [3.8, 4) is 0 Å². The lowest BCUT2D eigenvalue weighted by atomic mass is 10.1. The smallest absolute Gasteiger partial charge is 0.0596 e. The van der Waals surface area contributed by atoms with Gasteiger partial charge in [-0.15, -0.1) is 0 Å². The van der Waals surface area contributed by atoms with Crippen molar-refractivity contribution >= 4 is 0 Å². The van der Waals surface area contributed by atoms with Crippen LogP contribution in [0.2, 0.25) is 0 Å². The number of nitrogens with zero attached hydrogens (tertiary/aromatic N) is 2. The van der Waals surface area contributed by atoms with Crippen molar-refractivity contribution in [3.63, 3.8) is 0 Å². The summed E-state index contributed by atoms with van der Waals surface area (Å²) in [4.78, 5) is 0. The molecule has 0 bridgehead atoms. The van der Waals surface area contributed by atoms with Gasteiger partial charge in [-0.3, -0.25) is 4.68 Å². The summed E-state index contributed by atoms with van der Waals surface area (Å²) in [5.41, 5.74) is 2.40. The molecule has 3 heteroatoms. The largest absolute Gasteiger partial charge is 0.314 e. The van der Waals surface area contributed by atoms with Crippen LogP contribution in [0.5, 0.6) is 0 Å². The summed E-state index contributed by atoms with van der Waals surface area (Å²) >= 11 is 0. The molecule has 1 saturated carbocycles. The van der Waals surface area contributed by atoms with Gasteiger partial charge >= 0.3 is 0 Å². The summed E-state index contributed by atoms with van der Waals surface area (Å²) in [6.07, 6.45) is 6.71. The van der Waals surface area contributed by atoms with Crippen molar-refractivity contribution in [1.82, 2.24) is 15.1 Å². The third kappa shape index (κ3) is 3.58. The Labute approximate surface area is 111 Å². The van der Waals surface area contributed by atoms with Gasteiger partial charge in [0.1, 0.15) is 0 Å². The maximum atomic E-state index is 4.49. The first-order valence-corrected chi connectivity index (χ1v) is 7.43. The molecule has 18 heavy (non-hydrogen) atoms. The van der Waals surface area contributed by atoms with Gasteiger partial charge in [0.05, 0.1) is 5.69 Å². The van der Waals surface area contributed by atoms with Crippen LogP contribution in [-0.2, 0) is 6.54 Å². The molecule has 1 aromatic rings. The highest BCUT2D eigenvalue weighted by molar-refractivity contribution is 5.06. The van der Waals surface area contributed by atoms with Gasteiger partial charge < -0.3 is 5.32 Å². The Morgan fingerprint density at radius 1 is 1.39 bits per heavy atom. The lowest BCUT2D eigenvalue weighted by Gasteiger charge is -2.13. The highest BCUT2D eigenvalue weighted by Gasteiger charge is 2.22. The minimum atomic E-state index is 0.774. The summed E-state index contributed by atoms with van der Waals surface area (Å²) < 4.78 is 2.13. The van der Waals surface area contributed by atoms with E-state index in [4.69, 9.17) is 0 Å². The standard InChI is InChI=1S/C15H27N3/c1-4-14-6-7-15(11-14)16-8-5-9-18-13(3)10-12(2)17-18/h10,14-16H,4-9,11H2,1-3H3. The number of aromatic nitrogens is 2. The molecule has 0 aliphatic heterocycles. The van der Waals surface area contributed by atoms with Crippen LogP contribution in [0.1, 0.15) is 50.4 Å². The lowest BCUT2D eigenvalue weighted by molar-refractivity contribution is 0.456. The second kappa shape index (κ2) is 6.37. The van der Waals surface area contributed by atoms with E-state index in [0.717, 1.165) is 30.7 Å². The van der Waals surface area contributed by atoms with Gasteiger partial charge in [0, 0.05) is 18.3 Å².